The zero-order valence-electron chi connectivity index (χ0n) is 32.1. The van der Waals surface area contributed by atoms with Crippen LogP contribution in [0.15, 0.2) is 217 Å². The number of para-hydroxylation sites is 2. The average molecular weight is 750 g/mol. The molecule has 1 aromatic heterocycles. The van der Waals surface area contributed by atoms with Crippen LogP contribution in [0.3, 0.4) is 0 Å². The van der Waals surface area contributed by atoms with Gasteiger partial charge in [0.05, 0.1) is 22.5 Å². The molecule has 274 valence electrons. The van der Waals surface area contributed by atoms with Crippen LogP contribution >= 0.6 is 0 Å². The van der Waals surface area contributed by atoms with Crippen molar-refractivity contribution in [2.75, 3.05) is 4.90 Å². The third-order valence-electron chi connectivity index (χ3n) is 13.1. The van der Waals surface area contributed by atoms with Crippen LogP contribution in [0.1, 0.15) is 22.3 Å². The Kier molecular flexibility index (Phi) is 6.68. The molecule has 2 heteroatoms. The molecule has 2 aliphatic rings. The summed E-state index contributed by atoms with van der Waals surface area (Å²) in [6.07, 6.45) is 0. The summed E-state index contributed by atoms with van der Waals surface area (Å²) in [5.41, 5.74) is 17.5. The highest BCUT2D eigenvalue weighted by Gasteiger charge is 2.52. The summed E-state index contributed by atoms with van der Waals surface area (Å²) < 4.78 is 6.75. The van der Waals surface area contributed by atoms with Crippen molar-refractivity contribution >= 4 is 60.5 Å². The van der Waals surface area contributed by atoms with Gasteiger partial charge in [-0.15, -0.1) is 0 Å². The van der Waals surface area contributed by atoms with Gasteiger partial charge in [0, 0.05) is 32.7 Å². The summed E-state index contributed by atoms with van der Waals surface area (Å²) in [6.45, 7) is 0. The Morgan fingerprint density at radius 3 is 1.66 bits per heavy atom. The normalized spacial score (nSPS) is 13.2. The highest BCUT2D eigenvalue weighted by Crippen LogP contribution is 2.65. The molecule has 59 heavy (non-hydrogen) atoms. The second-order valence-corrected chi connectivity index (χ2v) is 15.9. The van der Waals surface area contributed by atoms with Crippen LogP contribution < -0.4 is 4.90 Å². The summed E-state index contributed by atoms with van der Waals surface area (Å²) in [4.78, 5) is 2.54. The Balaban J connectivity index is 1.15. The largest absolute Gasteiger partial charge is 0.455 e. The predicted octanol–water partition coefficient (Wildman–Crippen LogP) is 15.4. The van der Waals surface area contributed by atoms with Gasteiger partial charge < -0.3 is 9.32 Å². The second-order valence-electron chi connectivity index (χ2n) is 15.9. The van der Waals surface area contributed by atoms with Gasteiger partial charge in [0.1, 0.15) is 11.2 Å². The predicted molar refractivity (Wildman–Crippen MR) is 245 cm³/mol. The van der Waals surface area contributed by atoms with Crippen LogP contribution in [0.25, 0.3) is 76.9 Å². The monoisotopic (exact) mass is 749 g/mol. The summed E-state index contributed by atoms with van der Waals surface area (Å²) >= 11 is 0. The Bertz CT molecular complexity index is 3480. The van der Waals surface area contributed by atoms with Crippen molar-refractivity contribution < 1.29 is 4.42 Å². The molecule has 0 fully saturated rings. The number of anilines is 3. The lowest BCUT2D eigenvalue weighted by molar-refractivity contribution is 0.673. The quantitative estimate of drug-likeness (QED) is 0.178. The van der Waals surface area contributed by atoms with Gasteiger partial charge in [0.2, 0.25) is 0 Å². The van der Waals surface area contributed by atoms with Gasteiger partial charge in [0.25, 0.3) is 0 Å². The van der Waals surface area contributed by atoms with Crippen molar-refractivity contribution in [2.45, 2.75) is 5.41 Å². The maximum atomic E-state index is 6.75. The lowest BCUT2D eigenvalue weighted by Crippen LogP contribution is -2.26. The molecule has 0 radical (unpaired) electrons. The first-order valence-electron chi connectivity index (χ1n) is 20.4. The number of nitrogens with zero attached hydrogens (tertiary/aromatic N) is 1. The van der Waals surface area contributed by atoms with Gasteiger partial charge in [0.15, 0.2) is 0 Å². The molecule has 10 aromatic carbocycles. The summed E-state index contributed by atoms with van der Waals surface area (Å²) in [7, 11) is 0. The number of hydrogen-bond acceptors (Lipinski definition) is 2. The van der Waals surface area contributed by atoms with Gasteiger partial charge in [-0.25, -0.2) is 0 Å². The molecule has 0 saturated heterocycles. The number of hydrogen-bond donors (Lipinski definition) is 0. The Morgan fingerprint density at radius 2 is 0.847 bits per heavy atom. The highest BCUT2D eigenvalue weighted by atomic mass is 16.3. The molecule has 0 saturated carbocycles. The third kappa shape index (κ3) is 4.30. The Labute approximate surface area is 341 Å². The highest BCUT2D eigenvalue weighted by molar-refractivity contribution is 6.20. The van der Waals surface area contributed by atoms with Gasteiger partial charge in [-0.3, -0.25) is 0 Å². The van der Waals surface area contributed by atoms with Crippen molar-refractivity contribution in [3.63, 3.8) is 0 Å². The molecule has 0 atom stereocenters. The van der Waals surface area contributed by atoms with E-state index in [1.165, 1.54) is 55.3 Å². The van der Waals surface area contributed by atoms with Gasteiger partial charge in [-0.05, 0) is 85.6 Å². The molecule has 0 N–H and O–H groups in total. The van der Waals surface area contributed by atoms with Crippen molar-refractivity contribution in [3.05, 3.63) is 235 Å². The SMILES string of the molecule is c1ccc(N(c2cccc3c2-c2ccccc2C32c3ccccc3-c3ccccc32)c2cccc3ccccc23)c(-c2cccc3ccc4c5ccccc5oc4c23)c1. The van der Waals surface area contributed by atoms with Crippen molar-refractivity contribution in [1.82, 2.24) is 0 Å². The van der Waals surface area contributed by atoms with Crippen molar-refractivity contribution in [3.8, 4) is 33.4 Å². The molecule has 0 unspecified atom stereocenters. The van der Waals surface area contributed by atoms with E-state index >= 15 is 0 Å². The molecule has 0 aliphatic heterocycles. The van der Waals surface area contributed by atoms with Crippen molar-refractivity contribution in [1.29, 1.82) is 0 Å². The molecule has 2 aliphatic carbocycles. The summed E-state index contributed by atoms with van der Waals surface area (Å²) in [5.74, 6) is 0. The number of furan rings is 1. The molecule has 2 nitrogen and oxygen atoms in total. The minimum absolute atomic E-state index is 0.457. The minimum Gasteiger partial charge on any atom is -0.455 e. The van der Waals surface area contributed by atoms with E-state index < -0.39 is 5.41 Å². The minimum atomic E-state index is -0.457. The first-order chi connectivity index (χ1) is 29.3. The van der Waals surface area contributed by atoms with E-state index in [-0.39, 0.29) is 0 Å². The van der Waals surface area contributed by atoms with E-state index in [1.807, 2.05) is 0 Å². The molecular formula is C57H35NO. The zero-order valence-corrected chi connectivity index (χ0v) is 32.1. The Hall–Kier alpha value is -7.68. The van der Waals surface area contributed by atoms with E-state index in [9.17, 15) is 0 Å². The maximum absolute atomic E-state index is 6.75. The summed E-state index contributed by atoms with van der Waals surface area (Å²) in [6, 6.07) is 78.1. The fourth-order valence-corrected chi connectivity index (χ4v) is 10.8. The third-order valence-corrected chi connectivity index (χ3v) is 13.1. The van der Waals surface area contributed by atoms with Gasteiger partial charge in [-0.1, -0.05) is 182 Å². The number of rotatable bonds is 4. The molecule has 0 amide bonds. The standard InChI is InChI=1S/C57H35NO/c1-2-19-38-36(16-1)17-14-31-50(38)58(51-30-11-6-22-41(51)43-25-13-18-37-34-35-44-42-23-7-12-33-53(42)59-56(44)54(37)43)52-32-15-29-49-55(52)45-24-5-10-28-48(45)57(49)46-26-8-3-20-39(46)40-21-4-9-27-47(40)57/h1-35H. The Morgan fingerprint density at radius 1 is 0.322 bits per heavy atom. The first-order valence-corrected chi connectivity index (χ1v) is 20.4. The van der Waals surface area contributed by atoms with Crippen LogP contribution in [0.2, 0.25) is 0 Å². The lowest BCUT2D eigenvalue weighted by atomic mass is 9.70. The van der Waals surface area contributed by atoms with E-state index in [0.29, 0.717) is 0 Å². The molecule has 0 bridgehead atoms. The molecule has 1 spiro atoms. The average Bonchev–Trinajstić information content (AvgIpc) is 3.94. The van der Waals surface area contributed by atoms with Crippen LogP contribution in [0, 0.1) is 0 Å². The van der Waals surface area contributed by atoms with E-state index in [2.05, 4.69) is 217 Å². The van der Waals surface area contributed by atoms with Crippen LogP contribution in [-0.4, -0.2) is 0 Å². The summed E-state index contributed by atoms with van der Waals surface area (Å²) in [5, 5.41) is 6.92. The molecule has 13 rings (SSSR count). The number of fused-ring (bicyclic) bond motifs is 16. The molecular weight excluding hydrogens is 715 g/mol. The first kappa shape index (κ1) is 32.4. The van der Waals surface area contributed by atoms with E-state index in [4.69, 9.17) is 4.42 Å². The van der Waals surface area contributed by atoms with Gasteiger partial charge in [-0.2, -0.15) is 0 Å². The van der Waals surface area contributed by atoms with E-state index in [1.54, 1.807) is 0 Å². The second kappa shape index (κ2) is 12.2. The van der Waals surface area contributed by atoms with Gasteiger partial charge >= 0.3 is 0 Å². The molecule has 11 aromatic rings. The topological polar surface area (TPSA) is 16.4 Å². The van der Waals surface area contributed by atoms with Crippen molar-refractivity contribution in [2.24, 2.45) is 0 Å². The fourth-order valence-electron chi connectivity index (χ4n) is 10.8. The fraction of sp³-hybridized carbons (Fsp3) is 0.0175. The molecule has 1 heterocycles. The van der Waals surface area contributed by atoms with Crippen LogP contribution in [-0.2, 0) is 5.41 Å². The van der Waals surface area contributed by atoms with E-state index in [0.717, 1.165) is 60.9 Å². The van der Waals surface area contributed by atoms with Crippen LogP contribution in [0.5, 0.6) is 0 Å². The number of benzene rings is 10. The lowest BCUT2D eigenvalue weighted by Gasteiger charge is -2.33. The van der Waals surface area contributed by atoms with Crippen LogP contribution in [0.4, 0.5) is 17.1 Å². The zero-order chi connectivity index (χ0) is 38.7. The maximum Gasteiger partial charge on any atom is 0.143 e. The smallest absolute Gasteiger partial charge is 0.143 e.